The lowest BCUT2D eigenvalue weighted by Gasteiger charge is -2.49. The van der Waals surface area contributed by atoms with Crippen LogP contribution in [0.4, 0.5) is 5.69 Å². The van der Waals surface area contributed by atoms with Crippen molar-refractivity contribution in [2.75, 3.05) is 12.0 Å². The van der Waals surface area contributed by atoms with E-state index in [1.165, 1.54) is 12.0 Å². The number of phenols is 1. The Bertz CT molecular complexity index is 1510. The Labute approximate surface area is 245 Å². The Morgan fingerprint density at radius 2 is 1.64 bits per heavy atom. The lowest BCUT2D eigenvalue weighted by molar-refractivity contribution is -0.144. The number of hydrogen-bond donors (Lipinski definition) is 1. The molecule has 2 saturated carbocycles. The second-order valence-electron chi connectivity index (χ2n) is 12.8. The fourth-order valence-electron chi connectivity index (χ4n) is 8.82. The molecule has 7 rings (SSSR count). The highest BCUT2D eigenvalue weighted by Gasteiger charge is 2.67. The molecule has 0 bridgehead atoms. The van der Waals surface area contributed by atoms with E-state index in [2.05, 4.69) is 6.08 Å². The van der Waals surface area contributed by atoms with Gasteiger partial charge in [0.25, 0.3) is 0 Å². The van der Waals surface area contributed by atoms with E-state index in [0.717, 1.165) is 43.2 Å². The number of anilines is 1. The lowest BCUT2D eigenvalue weighted by atomic mass is 9.51. The number of ether oxygens (including phenoxy) is 1. The summed E-state index contributed by atoms with van der Waals surface area (Å²) < 4.78 is 5.44. The second-order valence-corrected chi connectivity index (χ2v) is 12.8. The number of carbonyl (C=O) groups excluding carboxylic acids is 4. The highest BCUT2D eigenvalue weighted by Crippen LogP contribution is 2.64. The minimum Gasteiger partial charge on any atom is -0.504 e. The molecule has 2 aromatic carbocycles. The van der Waals surface area contributed by atoms with E-state index in [1.54, 1.807) is 47.4 Å². The van der Waals surface area contributed by atoms with Gasteiger partial charge in [-0.3, -0.25) is 24.1 Å². The van der Waals surface area contributed by atoms with Crippen molar-refractivity contribution in [1.82, 2.24) is 4.90 Å². The van der Waals surface area contributed by atoms with Crippen molar-refractivity contribution in [3.8, 4) is 11.5 Å². The smallest absolute Gasteiger partial charge is 0.241 e. The maximum absolute atomic E-state index is 14.4. The number of hydrogen-bond acceptors (Lipinski definition) is 6. The Hall–Kier alpha value is -3.94. The number of likely N-dealkylation sites (tertiary alicyclic amines) is 1. The standard InChI is InChI=1S/C34H36N2O6/c1-34-25(31(39)36(33(34)41)21-11-7-4-8-12-21)18-24-22(29(34)19-13-16-26(37)27(17-19)42-2)14-15-23-28(24)32(40)35(30(23)38)20-9-5-3-6-10-20/h4,7-8,11-14,16-17,20,23-25,28-29,37H,3,5-6,9-10,15,18H2,1-2H3/t23-,24+,25-,28-,29-,34+/m0/s1. The number of fused-ring (bicyclic) bond motifs is 4. The second kappa shape index (κ2) is 9.82. The third-order valence-electron chi connectivity index (χ3n) is 10.8. The van der Waals surface area contributed by atoms with E-state index in [4.69, 9.17) is 4.74 Å². The summed E-state index contributed by atoms with van der Waals surface area (Å²) in [5.74, 6) is -3.03. The van der Waals surface area contributed by atoms with Gasteiger partial charge in [0, 0.05) is 12.0 Å². The maximum Gasteiger partial charge on any atom is 0.241 e. The molecule has 2 saturated heterocycles. The van der Waals surface area contributed by atoms with Crippen molar-refractivity contribution in [1.29, 1.82) is 0 Å². The van der Waals surface area contributed by atoms with Crippen LogP contribution in [0.2, 0.25) is 0 Å². The third-order valence-corrected chi connectivity index (χ3v) is 10.8. The first kappa shape index (κ1) is 26.9. The van der Waals surface area contributed by atoms with Gasteiger partial charge in [0.1, 0.15) is 0 Å². The van der Waals surface area contributed by atoms with Gasteiger partial charge in [-0.2, -0.15) is 0 Å². The predicted octanol–water partition coefficient (Wildman–Crippen LogP) is 4.96. The van der Waals surface area contributed by atoms with Crippen LogP contribution in [-0.4, -0.2) is 46.8 Å². The molecule has 4 fully saturated rings. The Morgan fingerprint density at radius 1 is 0.905 bits per heavy atom. The van der Waals surface area contributed by atoms with E-state index in [9.17, 15) is 24.3 Å². The number of allylic oxidation sites excluding steroid dienone is 2. The third kappa shape index (κ3) is 3.66. The van der Waals surface area contributed by atoms with Gasteiger partial charge in [0.2, 0.25) is 23.6 Å². The summed E-state index contributed by atoms with van der Waals surface area (Å²) in [6.07, 6.45) is 7.68. The first-order valence-electron chi connectivity index (χ1n) is 15.1. The summed E-state index contributed by atoms with van der Waals surface area (Å²) >= 11 is 0. The van der Waals surface area contributed by atoms with E-state index in [-0.39, 0.29) is 47.1 Å². The van der Waals surface area contributed by atoms with Crippen LogP contribution in [0.3, 0.4) is 0 Å². The van der Waals surface area contributed by atoms with Gasteiger partial charge >= 0.3 is 0 Å². The summed E-state index contributed by atoms with van der Waals surface area (Å²) in [4.78, 5) is 59.4. The molecule has 6 atom stereocenters. The molecule has 0 radical (unpaired) electrons. The molecule has 0 aromatic heterocycles. The van der Waals surface area contributed by atoms with Gasteiger partial charge in [-0.15, -0.1) is 0 Å². The molecule has 8 nitrogen and oxygen atoms in total. The van der Waals surface area contributed by atoms with Crippen LogP contribution in [0, 0.1) is 29.1 Å². The number of amides is 4. The van der Waals surface area contributed by atoms with E-state index < -0.39 is 29.1 Å². The van der Waals surface area contributed by atoms with Crippen molar-refractivity contribution in [2.24, 2.45) is 29.1 Å². The van der Waals surface area contributed by atoms with Crippen LogP contribution in [0.25, 0.3) is 0 Å². The van der Waals surface area contributed by atoms with Crippen molar-refractivity contribution in [2.45, 2.75) is 63.8 Å². The van der Waals surface area contributed by atoms with Gasteiger partial charge in [-0.05, 0) is 68.4 Å². The average molecular weight is 569 g/mol. The van der Waals surface area contributed by atoms with Crippen molar-refractivity contribution >= 4 is 29.3 Å². The zero-order valence-corrected chi connectivity index (χ0v) is 24.0. The van der Waals surface area contributed by atoms with Gasteiger partial charge in [0.15, 0.2) is 11.5 Å². The number of para-hydroxylation sites is 1. The van der Waals surface area contributed by atoms with Crippen LogP contribution >= 0.6 is 0 Å². The number of phenolic OH excluding ortho intramolecular Hbond substituents is 1. The number of rotatable bonds is 4. The highest BCUT2D eigenvalue weighted by atomic mass is 16.5. The zero-order chi connectivity index (χ0) is 29.3. The summed E-state index contributed by atoms with van der Waals surface area (Å²) in [5.41, 5.74) is 1.07. The van der Waals surface area contributed by atoms with Crippen LogP contribution in [0.15, 0.2) is 60.2 Å². The van der Waals surface area contributed by atoms with Gasteiger partial charge < -0.3 is 9.84 Å². The maximum atomic E-state index is 14.4. The molecule has 2 aliphatic heterocycles. The van der Waals surface area contributed by atoms with E-state index >= 15 is 0 Å². The molecule has 2 aromatic rings. The molecule has 1 N–H and O–H groups in total. The first-order chi connectivity index (χ1) is 20.3. The molecule has 0 spiro atoms. The van der Waals surface area contributed by atoms with E-state index in [1.807, 2.05) is 13.0 Å². The molecular formula is C34H36N2O6. The number of methoxy groups -OCH3 is 1. The summed E-state index contributed by atoms with van der Waals surface area (Å²) in [6, 6.07) is 14.0. The Balaban J connectivity index is 1.36. The molecule has 4 amide bonds. The molecule has 8 heteroatoms. The zero-order valence-electron chi connectivity index (χ0n) is 24.0. The van der Waals surface area contributed by atoms with Gasteiger partial charge in [0.05, 0.1) is 36.0 Å². The highest BCUT2D eigenvalue weighted by molar-refractivity contribution is 6.24. The van der Waals surface area contributed by atoms with Crippen LogP contribution in [0.1, 0.15) is 63.4 Å². The van der Waals surface area contributed by atoms with Gasteiger partial charge in [-0.1, -0.05) is 55.2 Å². The monoisotopic (exact) mass is 568 g/mol. The molecule has 2 heterocycles. The van der Waals surface area contributed by atoms with Crippen molar-refractivity contribution < 1.29 is 29.0 Å². The quantitative estimate of drug-likeness (QED) is 0.413. The van der Waals surface area contributed by atoms with Crippen LogP contribution < -0.4 is 9.64 Å². The first-order valence-corrected chi connectivity index (χ1v) is 15.1. The molecule has 3 aliphatic carbocycles. The summed E-state index contributed by atoms with van der Waals surface area (Å²) in [5, 5.41) is 10.4. The summed E-state index contributed by atoms with van der Waals surface area (Å²) in [6.45, 7) is 1.87. The van der Waals surface area contributed by atoms with Crippen LogP contribution in [-0.2, 0) is 19.2 Å². The lowest BCUT2D eigenvalue weighted by Crippen LogP contribution is -2.49. The van der Waals surface area contributed by atoms with Gasteiger partial charge in [-0.25, -0.2) is 4.90 Å². The number of carbonyl (C=O) groups is 4. The molecule has 42 heavy (non-hydrogen) atoms. The van der Waals surface area contributed by atoms with E-state index in [0.29, 0.717) is 18.5 Å². The number of aromatic hydroxyl groups is 1. The van der Waals surface area contributed by atoms with Crippen LogP contribution in [0.5, 0.6) is 11.5 Å². The summed E-state index contributed by atoms with van der Waals surface area (Å²) in [7, 11) is 1.47. The predicted molar refractivity (Wildman–Crippen MR) is 154 cm³/mol. The normalized spacial score (nSPS) is 32.9. The average Bonchev–Trinajstić information content (AvgIpc) is 3.38. The Morgan fingerprint density at radius 3 is 2.36 bits per heavy atom. The minimum atomic E-state index is -1.13. The van der Waals surface area contributed by atoms with Crippen molar-refractivity contribution in [3.05, 3.63) is 65.7 Å². The number of imide groups is 2. The number of nitrogens with zero attached hydrogens (tertiary/aromatic N) is 2. The number of benzene rings is 2. The molecule has 218 valence electrons. The SMILES string of the molecule is COc1cc([C@H]2C3=CC[C@@H]4C(=O)N(C5CCCCC5)C(=O)[C@@H]4[C@@H]3C[C@H]3C(=O)N(c4ccccc4)C(=O)[C@@]23C)ccc1O. The largest absolute Gasteiger partial charge is 0.504 e. The Kier molecular flexibility index (Phi) is 6.29. The molecular weight excluding hydrogens is 532 g/mol. The fraction of sp³-hybridized carbons (Fsp3) is 0.471. The topological polar surface area (TPSA) is 104 Å². The minimum absolute atomic E-state index is 0.0209. The van der Waals surface area contributed by atoms with Crippen molar-refractivity contribution in [3.63, 3.8) is 0 Å². The molecule has 0 unspecified atom stereocenters. The fourth-order valence-corrected chi connectivity index (χ4v) is 8.82. The molecule has 5 aliphatic rings.